The number of amides is 1. The predicted molar refractivity (Wildman–Crippen MR) is 108 cm³/mol. The van der Waals surface area contributed by atoms with Crippen molar-refractivity contribution in [2.45, 2.75) is 12.0 Å². The van der Waals surface area contributed by atoms with Crippen molar-refractivity contribution in [1.82, 2.24) is 34.8 Å². The number of nitrogens with two attached hydrogens (primary N) is 1. The monoisotopic (exact) mass is 403 g/mol. The van der Waals surface area contributed by atoms with E-state index in [9.17, 15) is 9.90 Å². The zero-order chi connectivity index (χ0) is 21.8. The third-order valence-electron chi connectivity index (χ3n) is 5.29. The number of carbonyl (C=O) groups excluding carboxylic acids is 1. The lowest BCUT2D eigenvalue weighted by Crippen LogP contribution is -2.36. The van der Waals surface area contributed by atoms with E-state index in [2.05, 4.69) is 25.3 Å². The van der Waals surface area contributed by atoms with E-state index < -0.39 is 5.60 Å². The van der Waals surface area contributed by atoms with Gasteiger partial charge in [-0.05, 0) is 24.3 Å². The van der Waals surface area contributed by atoms with E-state index in [0.717, 1.165) is 5.56 Å². The van der Waals surface area contributed by atoms with Crippen LogP contribution in [-0.4, -0.2) is 59.5 Å². The van der Waals surface area contributed by atoms with Crippen molar-refractivity contribution in [3.63, 3.8) is 0 Å². The molecule has 1 aliphatic rings. The average molecular weight is 403 g/mol. The molecule has 0 aliphatic carbocycles. The minimum absolute atomic E-state index is 0.147. The molecule has 3 aromatic heterocycles. The number of nitrogen functional groups attached to an aromatic ring is 1. The molecule has 1 saturated heterocycles. The van der Waals surface area contributed by atoms with E-state index in [1.165, 1.54) is 9.58 Å². The number of aromatic nitrogens is 6. The molecule has 4 aromatic rings. The summed E-state index contributed by atoms with van der Waals surface area (Å²) >= 11 is 0. The van der Waals surface area contributed by atoms with Crippen LogP contribution >= 0.6 is 0 Å². The summed E-state index contributed by atoms with van der Waals surface area (Å²) in [5.41, 5.74) is 7.52. The Bertz CT molecular complexity index is 1340. The van der Waals surface area contributed by atoms with Crippen molar-refractivity contribution in [1.29, 1.82) is 0 Å². The van der Waals surface area contributed by atoms with Gasteiger partial charge in [0.05, 0.1) is 23.1 Å². The fourth-order valence-electron chi connectivity index (χ4n) is 3.56. The molecular weight excluding hydrogens is 384 g/mol. The number of hydrogen-bond donors (Lipinski definition) is 2. The maximum absolute atomic E-state index is 12.3. The Morgan fingerprint density at radius 3 is 2.93 bits per heavy atom. The molecule has 10 heteroatoms. The highest BCUT2D eigenvalue weighted by Crippen LogP contribution is 2.31. The van der Waals surface area contributed by atoms with Crippen LogP contribution in [0.2, 0.25) is 0 Å². The Hall–Kier alpha value is -3.92. The molecule has 0 saturated carbocycles. The van der Waals surface area contributed by atoms with Crippen molar-refractivity contribution in [3.05, 3.63) is 54.6 Å². The fraction of sp³-hybridized carbons (Fsp3) is 0.200. The van der Waals surface area contributed by atoms with Gasteiger partial charge in [0.2, 0.25) is 0 Å². The Labute approximate surface area is 172 Å². The number of likely N-dealkylation sites (N-methyl/N-ethyl adjacent to an activating group) is 1. The van der Waals surface area contributed by atoms with Crippen LogP contribution in [0.25, 0.3) is 28.0 Å². The Kier molecular flexibility index (Phi) is 3.71. The largest absolute Gasteiger partial charge is 0.382 e. The molecule has 5 rings (SSSR count). The van der Waals surface area contributed by atoms with E-state index >= 15 is 0 Å². The third kappa shape index (κ3) is 2.77. The van der Waals surface area contributed by atoms with Crippen molar-refractivity contribution in [2.24, 2.45) is 0 Å². The van der Waals surface area contributed by atoms with E-state index in [-0.39, 0.29) is 30.1 Å². The smallest absolute Gasteiger partial charge is 0.260 e. The molecule has 30 heavy (non-hydrogen) atoms. The van der Waals surface area contributed by atoms with Crippen molar-refractivity contribution >= 4 is 22.8 Å². The van der Waals surface area contributed by atoms with E-state index in [4.69, 9.17) is 7.10 Å². The number of rotatable bonds is 3. The van der Waals surface area contributed by atoms with Crippen molar-refractivity contribution in [2.75, 3.05) is 19.3 Å². The molecule has 0 radical (unpaired) electrons. The number of pyridine rings is 1. The standard InChI is InChI=1S/C20H18N8O2/c1-27-8-7-20(30,19(27)29)16-10-28(26-25-16)13-4-2-3-12(9-13)14-5-6-15-17(24-14)18(21)23-11-22-15/h2-6,9-11,30H,7-8H2,1H3,(H2,21,22,23)/t20-/m0/s1/i11D. The normalized spacial score (nSPS) is 19.5. The number of anilines is 1. The van der Waals surface area contributed by atoms with Gasteiger partial charge < -0.3 is 15.7 Å². The summed E-state index contributed by atoms with van der Waals surface area (Å²) < 4.78 is 9.08. The topological polar surface area (TPSA) is 136 Å². The van der Waals surface area contributed by atoms with Gasteiger partial charge in [-0.25, -0.2) is 19.6 Å². The van der Waals surface area contributed by atoms with Crippen molar-refractivity contribution in [3.8, 4) is 16.9 Å². The van der Waals surface area contributed by atoms with Crippen LogP contribution in [0, 0.1) is 0 Å². The quantitative estimate of drug-likeness (QED) is 0.515. The van der Waals surface area contributed by atoms with Crippen LogP contribution in [0.1, 0.15) is 13.5 Å². The SMILES string of the molecule is [2H]c1nc(N)c2nc(-c3cccc(-n4cc([C@@]5(O)CCN(C)C5=O)nn4)c3)ccc2n1. The highest BCUT2D eigenvalue weighted by molar-refractivity contribution is 5.88. The lowest BCUT2D eigenvalue weighted by atomic mass is 9.99. The number of hydrogen-bond acceptors (Lipinski definition) is 8. The number of benzene rings is 1. The maximum atomic E-state index is 12.3. The van der Waals surface area contributed by atoms with E-state index in [1.54, 1.807) is 25.4 Å². The van der Waals surface area contributed by atoms with Gasteiger partial charge in [0.25, 0.3) is 5.91 Å². The van der Waals surface area contributed by atoms with Gasteiger partial charge in [-0.2, -0.15) is 0 Å². The second-order valence-corrected chi connectivity index (χ2v) is 7.21. The lowest BCUT2D eigenvalue weighted by molar-refractivity contribution is -0.143. The Balaban J connectivity index is 1.51. The molecule has 1 fully saturated rings. The fourth-order valence-corrected chi connectivity index (χ4v) is 3.56. The van der Waals surface area contributed by atoms with Gasteiger partial charge >= 0.3 is 0 Å². The third-order valence-corrected chi connectivity index (χ3v) is 5.29. The first kappa shape index (κ1) is 17.0. The highest BCUT2D eigenvalue weighted by atomic mass is 16.3. The van der Waals surface area contributed by atoms with Crippen LogP contribution in [0.5, 0.6) is 0 Å². The summed E-state index contributed by atoms with van der Waals surface area (Å²) in [6.45, 7) is 0.458. The number of fused-ring (bicyclic) bond motifs is 1. The Morgan fingerprint density at radius 1 is 1.27 bits per heavy atom. The van der Waals surface area contributed by atoms with Crippen LogP contribution in [0.3, 0.4) is 0 Å². The predicted octanol–water partition coefficient (Wildman–Crippen LogP) is 0.904. The van der Waals surface area contributed by atoms with Crippen molar-refractivity contribution < 1.29 is 11.3 Å². The lowest BCUT2D eigenvalue weighted by Gasteiger charge is -2.17. The second kappa shape index (κ2) is 6.56. The molecule has 3 N–H and O–H groups in total. The zero-order valence-corrected chi connectivity index (χ0v) is 16.0. The van der Waals surface area contributed by atoms with Gasteiger partial charge in [-0.1, -0.05) is 17.3 Å². The zero-order valence-electron chi connectivity index (χ0n) is 17.0. The molecule has 1 amide bonds. The molecule has 1 aromatic carbocycles. The molecule has 0 unspecified atom stereocenters. The molecule has 150 valence electrons. The average Bonchev–Trinajstić information content (AvgIpc) is 3.36. The van der Waals surface area contributed by atoms with Gasteiger partial charge in [-0.3, -0.25) is 4.79 Å². The summed E-state index contributed by atoms with van der Waals surface area (Å²) in [7, 11) is 1.65. The van der Waals surface area contributed by atoms with Crippen LogP contribution in [-0.2, 0) is 10.4 Å². The number of carbonyl (C=O) groups is 1. The molecule has 1 atom stereocenters. The molecule has 10 nitrogen and oxygen atoms in total. The molecule has 4 heterocycles. The van der Waals surface area contributed by atoms with Gasteiger partial charge in [-0.15, -0.1) is 5.10 Å². The summed E-state index contributed by atoms with van der Waals surface area (Å²) in [6.07, 6.45) is 1.68. The first-order valence-corrected chi connectivity index (χ1v) is 9.27. The van der Waals surface area contributed by atoms with Crippen LogP contribution < -0.4 is 5.73 Å². The molecule has 0 bridgehead atoms. The summed E-state index contributed by atoms with van der Waals surface area (Å²) in [6, 6.07) is 10.9. The van der Waals surface area contributed by atoms with Gasteiger partial charge in [0.15, 0.2) is 11.4 Å². The number of likely N-dealkylation sites (tertiary alicyclic amines) is 1. The first-order valence-electron chi connectivity index (χ1n) is 9.77. The summed E-state index contributed by atoms with van der Waals surface area (Å²) in [5, 5.41) is 18.9. The molecular formula is C20H18N8O2. The second-order valence-electron chi connectivity index (χ2n) is 7.21. The van der Waals surface area contributed by atoms with Gasteiger partial charge in [0, 0.05) is 25.6 Å². The first-order chi connectivity index (χ1) is 14.8. The molecule has 0 spiro atoms. The van der Waals surface area contributed by atoms with E-state index in [0.29, 0.717) is 29.0 Å². The minimum Gasteiger partial charge on any atom is -0.382 e. The number of nitrogens with zero attached hydrogens (tertiary/aromatic N) is 7. The van der Waals surface area contributed by atoms with Gasteiger partial charge in [0.1, 0.15) is 18.9 Å². The van der Waals surface area contributed by atoms with E-state index in [1.807, 2.05) is 24.3 Å². The Morgan fingerprint density at radius 2 is 2.13 bits per heavy atom. The summed E-state index contributed by atoms with van der Waals surface area (Å²) in [5.74, 6) is -0.238. The maximum Gasteiger partial charge on any atom is 0.260 e. The van der Waals surface area contributed by atoms with Crippen LogP contribution in [0.15, 0.2) is 48.9 Å². The minimum atomic E-state index is -1.65. The van der Waals surface area contributed by atoms with Crippen LogP contribution in [0.4, 0.5) is 5.82 Å². The summed E-state index contributed by atoms with van der Waals surface area (Å²) in [4.78, 5) is 26.2. The highest BCUT2D eigenvalue weighted by Gasteiger charge is 2.47. The number of aliphatic hydroxyl groups is 1. The molecule has 1 aliphatic heterocycles.